The summed E-state index contributed by atoms with van der Waals surface area (Å²) in [4.78, 5) is 6.25. The lowest BCUT2D eigenvalue weighted by Gasteiger charge is -2.22. The Bertz CT molecular complexity index is 814. The van der Waals surface area contributed by atoms with Crippen LogP contribution in [0.4, 0.5) is 21.5 Å². The average molecular weight is 281 g/mol. The Morgan fingerprint density at radius 1 is 1.10 bits per heavy atom. The molecule has 0 aliphatic carbocycles. The molecule has 0 spiro atoms. The van der Waals surface area contributed by atoms with E-state index in [0.29, 0.717) is 5.69 Å². The van der Waals surface area contributed by atoms with E-state index in [-0.39, 0.29) is 5.82 Å². The Kier molecular flexibility index (Phi) is 3.22. The minimum atomic E-state index is -0.253. The maximum atomic E-state index is 13.4. The molecule has 3 nitrogen and oxygen atoms in total. The van der Waals surface area contributed by atoms with Crippen LogP contribution in [0.1, 0.15) is 5.69 Å². The molecule has 4 heteroatoms. The fourth-order valence-corrected chi connectivity index (χ4v) is 2.47. The summed E-state index contributed by atoms with van der Waals surface area (Å²) >= 11 is 0. The van der Waals surface area contributed by atoms with Gasteiger partial charge in [-0.1, -0.05) is 6.07 Å². The van der Waals surface area contributed by atoms with Gasteiger partial charge in [-0.15, -0.1) is 0 Å². The van der Waals surface area contributed by atoms with Crippen molar-refractivity contribution in [2.45, 2.75) is 6.92 Å². The van der Waals surface area contributed by atoms with E-state index in [1.807, 2.05) is 43.1 Å². The van der Waals surface area contributed by atoms with Gasteiger partial charge in [0.15, 0.2) is 0 Å². The number of anilines is 3. The number of hydrogen-bond acceptors (Lipinski definition) is 3. The lowest BCUT2D eigenvalue weighted by Crippen LogP contribution is -2.10. The Balaban J connectivity index is 2.20. The van der Waals surface area contributed by atoms with Gasteiger partial charge < -0.3 is 10.6 Å². The molecular weight excluding hydrogens is 265 g/mol. The molecule has 2 N–H and O–H groups in total. The average Bonchev–Trinajstić information content (AvgIpc) is 2.47. The van der Waals surface area contributed by atoms with Gasteiger partial charge in [-0.3, -0.25) is 4.98 Å². The van der Waals surface area contributed by atoms with E-state index < -0.39 is 0 Å². The van der Waals surface area contributed by atoms with Crippen LogP contribution in [0.3, 0.4) is 0 Å². The van der Waals surface area contributed by atoms with Crippen molar-refractivity contribution in [2.75, 3.05) is 17.7 Å². The Morgan fingerprint density at radius 2 is 1.90 bits per heavy atom. The van der Waals surface area contributed by atoms with Gasteiger partial charge in [-0.25, -0.2) is 4.39 Å². The SMILES string of the molecule is Cc1cc2c(N(C)c3cccc(F)c3)ccc(N)c2cn1. The summed E-state index contributed by atoms with van der Waals surface area (Å²) in [6.45, 7) is 1.94. The van der Waals surface area contributed by atoms with Crippen molar-refractivity contribution in [2.24, 2.45) is 0 Å². The minimum absolute atomic E-state index is 0.253. The predicted octanol–water partition coefficient (Wildman–Crippen LogP) is 4.03. The largest absolute Gasteiger partial charge is 0.398 e. The third-order valence-corrected chi connectivity index (χ3v) is 3.61. The van der Waals surface area contributed by atoms with Crippen LogP contribution in [0.2, 0.25) is 0 Å². The fourth-order valence-electron chi connectivity index (χ4n) is 2.47. The van der Waals surface area contributed by atoms with Crippen molar-refractivity contribution in [1.82, 2.24) is 4.98 Å². The minimum Gasteiger partial charge on any atom is -0.398 e. The predicted molar refractivity (Wildman–Crippen MR) is 85.4 cm³/mol. The number of aryl methyl sites for hydroxylation is 1. The highest BCUT2D eigenvalue weighted by Crippen LogP contribution is 2.34. The summed E-state index contributed by atoms with van der Waals surface area (Å²) in [7, 11) is 1.91. The van der Waals surface area contributed by atoms with E-state index in [0.717, 1.165) is 27.8 Å². The number of fused-ring (bicyclic) bond motifs is 1. The number of pyridine rings is 1. The molecule has 0 aliphatic heterocycles. The summed E-state index contributed by atoms with van der Waals surface area (Å²) in [5.41, 5.74) is 9.38. The molecule has 3 aromatic rings. The Morgan fingerprint density at radius 3 is 2.67 bits per heavy atom. The highest BCUT2D eigenvalue weighted by Gasteiger charge is 2.11. The van der Waals surface area contributed by atoms with Crippen molar-refractivity contribution in [3.63, 3.8) is 0 Å². The molecule has 2 aromatic carbocycles. The maximum absolute atomic E-state index is 13.4. The van der Waals surface area contributed by atoms with Crippen molar-refractivity contribution in [3.8, 4) is 0 Å². The lowest BCUT2D eigenvalue weighted by molar-refractivity contribution is 0.628. The molecule has 0 unspecified atom stereocenters. The van der Waals surface area contributed by atoms with Gasteiger partial charge >= 0.3 is 0 Å². The first-order valence-corrected chi connectivity index (χ1v) is 6.70. The van der Waals surface area contributed by atoms with E-state index >= 15 is 0 Å². The second-order valence-electron chi connectivity index (χ2n) is 5.08. The molecule has 0 amide bonds. The molecular formula is C17H16FN3. The number of rotatable bonds is 2. The van der Waals surface area contributed by atoms with Gasteiger partial charge in [-0.05, 0) is 43.3 Å². The number of nitrogens with two attached hydrogens (primary N) is 1. The molecule has 0 atom stereocenters. The van der Waals surface area contributed by atoms with Crippen molar-refractivity contribution in [3.05, 3.63) is 60.2 Å². The van der Waals surface area contributed by atoms with Gasteiger partial charge in [0, 0.05) is 46.8 Å². The number of halogens is 1. The van der Waals surface area contributed by atoms with Crippen LogP contribution in [-0.2, 0) is 0 Å². The molecule has 0 saturated carbocycles. The Labute approximate surface area is 122 Å². The molecule has 0 bridgehead atoms. The molecule has 1 heterocycles. The normalized spacial score (nSPS) is 10.8. The molecule has 0 radical (unpaired) electrons. The second-order valence-corrected chi connectivity index (χ2v) is 5.08. The van der Waals surface area contributed by atoms with E-state index in [1.54, 1.807) is 12.3 Å². The van der Waals surface area contributed by atoms with Crippen molar-refractivity contribution in [1.29, 1.82) is 0 Å². The van der Waals surface area contributed by atoms with Crippen LogP contribution in [0.15, 0.2) is 48.7 Å². The number of hydrogen-bond donors (Lipinski definition) is 1. The number of aromatic nitrogens is 1. The summed E-state index contributed by atoms with van der Waals surface area (Å²) in [5, 5.41) is 1.91. The standard InChI is InChI=1S/C17H16FN3/c1-11-8-14-15(10-20-11)16(19)6-7-17(14)21(2)13-5-3-4-12(18)9-13/h3-10H,19H2,1-2H3. The van der Waals surface area contributed by atoms with Crippen molar-refractivity contribution < 1.29 is 4.39 Å². The molecule has 21 heavy (non-hydrogen) atoms. The molecule has 106 valence electrons. The first-order valence-electron chi connectivity index (χ1n) is 6.70. The molecule has 0 fully saturated rings. The first kappa shape index (κ1) is 13.4. The van der Waals surface area contributed by atoms with Crippen LogP contribution in [0, 0.1) is 12.7 Å². The van der Waals surface area contributed by atoms with Gasteiger partial charge in [0.2, 0.25) is 0 Å². The van der Waals surface area contributed by atoms with Crippen LogP contribution in [-0.4, -0.2) is 12.0 Å². The topological polar surface area (TPSA) is 42.1 Å². The molecule has 1 aromatic heterocycles. The van der Waals surface area contributed by atoms with Crippen LogP contribution in [0.5, 0.6) is 0 Å². The number of nitrogen functional groups attached to an aromatic ring is 1. The van der Waals surface area contributed by atoms with E-state index in [2.05, 4.69) is 4.98 Å². The highest BCUT2D eigenvalue weighted by atomic mass is 19.1. The van der Waals surface area contributed by atoms with E-state index in [9.17, 15) is 4.39 Å². The monoisotopic (exact) mass is 281 g/mol. The van der Waals surface area contributed by atoms with Gasteiger partial charge in [0.05, 0.1) is 0 Å². The highest BCUT2D eigenvalue weighted by molar-refractivity contribution is 6.02. The van der Waals surface area contributed by atoms with Gasteiger partial charge in [-0.2, -0.15) is 0 Å². The fraction of sp³-hybridized carbons (Fsp3) is 0.118. The molecule has 0 aliphatic rings. The summed E-state index contributed by atoms with van der Waals surface area (Å²) in [6, 6.07) is 12.3. The summed E-state index contributed by atoms with van der Waals surface area (Å²) in [6.07, 6.45) is 1.78. The van der Waals surface area contributed by atoms with Crippen LogP contribution < -0.4 is 10.6 Å². The van der Waals surface area contributed by atoms with Gasteiger partial charge in [0.25, 0.3) is 0 Å². The van der Waals surface area contributed by atoms with Crippen LogP contribution in [0.25, 0.3) is 10.8 Å². The second kappa shape index (κ2) is 5.05. The first-order chi connectivity index (χ1) is 10.1. The van der Waals surface area contributed by atoms with Crippen molar-refractivity contribution >= 4 is 27.8 Å². The molecule has 0 saturated heterocycles. The molecule has 3 rings (SSSR count). The summed E-state index contributed by atoms with van der Waals surface area (Å²) < 4.78 is 13.4. The zero-order valence-corrected chi connectivity index (χ0v) is 12.0. The third kappa shape index (κ3) is 2.40. The Hall–Kier alpha value is -2.62. The number of nitrogens with zero attached hydrogens (tertiary/aromatic N) is 2. The number of benzene rings is 2. The zero-order valence-electron chi connectivity index (χ0n) is 12.0. The maximum Gasteiger partial charge on any atom is 0.125 e. The quantitative estimate of drug-likeness (QED) is 0.721. The van der Waals surface area contributed by atoms with Gasteiger partial charge in [0.1, 0.15) is 5.82 Å². The van der Waals surface area contributed by atoms with E-state index in [4.69, 9.17) is 5.73 Å². The zero-order chi connectivity index (χ0) is 15.0. The third-order valence-electron chi connectivity index (χ3n) is 3.61. The lowest BCUT2D eigenvalue weighted by atomic mass is 10.1. The van der Waals surface area contributed by atoms with E-state index in [1.165, 1.54) is 12.1 Å². The summed E-state index contributed by atoms with van der Waals surface area (Å²) in [5.74, 6) is -0.253. The smallest absolute Gasteiger partial charge is 0.125 e. The van der Waals surface area contributed by atoms with Crippen LogP contribution >= 0.6 is 0 Å².